The summed E-state index contributed by atoms with van der Waals surface area (Å²) in [6.45, 7) is 3.68. The molecule has 4 nitrogen and oxygen atoms in total. The van der Waals surface area contributed by atoms with Crippen molar-refractivity contribution >= 4 is 11.9 Å². The van der Waals surface area contributed by atoms with Gasteiger partial charge < -0.3 is 10.4 Å². The second-order valence-electron chi connectivity index (χ2n) is 5.28. The molecule has 1 unspecified atom stereocenters. The van der Waals surface area contributed by atoms with Gasteiger partial charge in [-0.3, -0.25) is 9.59 Å². The number of carbonyl (C=O) groups excluding carboxylic acids is 1. The van der Waals surface area contributed by atoms with E-state index in [-0.39, 0.29) is 12.5 Å². The van der Waals surface area contributed by atoms with Gasteiger partial charge in [0.15, 0.2) is 0 Å². The van der Waals surface area contributed by atoms with E-state index in [1.54, 1.807) is 6.92 Å². The highest BCUT2D eigenvalue weighted by Gasteiger charge is 2.31. The van der Waals surface area contributed by atoms with Crippen LogP contribution in [0.1, 0.15) is 52.4 Å². The number of hydrogen-bond acceptors (Lipinski definition) is 2. The quantitative estimate of drug-likeness (QED) is 0.715. The van der Waals surface area contributed by atoms with Crippen molar-refractivity contribution < 1.29 is 14.7 Å². The van der Waals surface area contributed by atoms with Crippen LogP contribution < -0.4 is 5.32 Å². The second kappa shape index (κ2) is 6.57. The molecule has 0 spiro atoms. The Kier molecular flexibility index (Phi) is 5.38. The molecule has 1 rings (SSSR count). The van der Waals surface area contributed by atoms with Crippen LogP contribution in [0.2, 0.25) is 0 Å². The summed E-state index contributed by atoms with van der Waals surface area (Å²) < 4.78 is 0. The first-order chi connectivity index (χ1) is 8.48. The van der Waals surface area contributed by atoms with E-state index in [0.717, 1.165) is 19.3 Å². The Labute approximate surface area is 108 Å². The number of carboxylic acids is 1. The standard InChI is InChI=1S/C14H23NO3/c1-3-14(2,13(17)18)10-15-12(16)9-11-7-5-4-6-8-11/h7H,3-6,8-10H2,1-2H3,(H,15,16)(H,17,18). The summed E-state index contributed by atoms with van der Waals surface area (Å²) in [6, 6.07) is 0. The number of nitrogens with one attached hydrogen (secondary N) is 1. The molecule has 0 aromatic rings. The van der Waals surface area contributed by atoms with Crippen molar-refractivity contribution in [1.29, 1.82) is 0 Å². The van der Waals surface area contributed by atoms with Crippen molar-refractivity contribution in [3.8, 4) is 0 Å². The molecular weight excluding hydrogens is 230 g/mol. The molecule has 1 aliphatic carbocycles. The molecule has 102 valence electrons. The molecule has 18 heavy (non-hydrogen) atoms. The zero-order valence-electron chi connectivity index (χ0n) is 11.3. The fraction of sp³-hybridized carbons (Fsp3) is 0.714. The summed E-state index contributed by atoms with van der Waals surface area (Å²) in [4.78, 5) is 22.8. The number of aliphatic carboxylic acids is 1. The fourth-order valence-corrected chi connectivity index (χ4v) is 1.98. The van der Waals surface area contributed by atoms with Crippen molar-refractivity contribution in [1.82, 2.24) is 5.32 Å². The lowest BCUT2D eigenvalue weighted by molar-refractivity contribution is -0.148. The maximum absolute atomic E-state index is 11.8. The molecule has 0 fully saturated rings. The maximum atomic E-state index is 11.8. The zero-order valence-corrected chi connectivity index (χ0v) is 11.3. The first-order valence-electron chi connectivity index (χ1n) is 6.66. The minimum absolute atomic E-state index is 0.0657. The summed E-state index contributed by atoms with van der Waals surface area (Å²) in [5.41, 5.74) is 0.323. The predicted octanol–water partition coefficient (Wildman–Crippen LogP) is 2.49. The van der Waals surface area contributed by atoms with Gasteiger partial charge in [0.05, 0.1) is 5.41 Å². The summed E-state index contributed by atoms with van der Waals surface area (Å²) in [5, 5.41) is 11.8. The molecule has 1 atom stereocenters. The van der Waals surface area contributed by atoms with Crippen LogP contribution in [-0.2, 0) is 9.59 Å². The molecule has 0 radical (unpaired) electrons. The second-order valence-corrected chi connectivity index (χ2v) is 5.28. The molecule has 4 heteroatoms. The minimum Gasteiger partial charge on any atom is -0.481 e. The van der Waals surface area contributed by atoms with E-state index >= 15 is 0 Å². The first-order valence-corrected chi connectivity index (χ1v) is 6.66. The van der Waals surface area contributed by atoms with Crippen LogP contribution in [0, 0.1) is 5.41 Å². The number of hydrogen-bond donors (Lipinski definition) is 2. The number of allylic oxidation sites excluding steroid dienone is 1. The number of amides is 1. The van der Waals surface area contributed by atoms with Crippen LogP contribution in [0.25, 0.3) is 0 Å². The van der Waals surface area contributed by atoms with Crippen LogP contribution in [0.5, 0.6) is 0 Å². The highest BCUT2D eigenvalue weighted by molar-refractivity contribution is 5.80. The van der Waals surface area contributed by atoms with E-state index in [0.29, 0.717) is 12.8 Å². The molecule has 0 saturated carbocycles. The Morgan fingerprint density at radius 3 is 2.67 bits per heavy atom. The van der Waals surface area contributed by atoms with Gasteiger partial charge in [-0.1, -0.05) is 18.6 Å². The van der Waals surface area contributed by atoms with Crippen LogP contribution in [0.4, 0.5) is 0 Å². The van der Waals surface area contributed by atoms with E-state index in [1.165, 1.54) is 12.0 Å². The molecule has 0 aromatic carbocycles. The molecular formula is C14H23NO3. The van der Waals surface area contributed by atoms with Crippen LogP contribution in [0.15, 0.2) is 11.6 Å². The minimum atomic E-state index is -0.864. The highest BCUT2D eigenvalue weighted by Crippen LogP contribution is 2.22. The number of rotatable bonds is 6. The Balaban J connectivity index is 2.41. The predicted molar refractivity (Wildman–Crippen MR) is 70.2 cm³/mol. The van der Waals surface area contributed by atoms with Crippen LogP contribution in [-0.4, -0.2) is 23.5 Å². The number of carboxylic acid groups (broad SMARTS) is 1. The van der Waals surface area contributed by atoms with Crippen LogP contribution in [0.3, 0.4) is 0 Å². The van der Waals surface area contributed by atoms with Gasteiger partial charge in [0.2, 0.25) is 5.91 Å². The smallest absolute Gasteiger partial charge is 0.311 e. The van der Waals surface area contributed by atoms with Gasteiger partial charge in [-0.25, -0.2) is 0 Å². The van der Waals surface area contributed by atoms with Crippen molar-refractivity contribution in [3.63, 3.8) is 0 Å². The van der Waals surface area contributed by atoms with Crippen molar-refractivity contribution in [3.05, 3.63) is 11.6 Å². The SMILES string of the molecule is CCC(C)(CNC(=O)CC1=CCCCC1)C(=O)O. The van der Waals surface area contributed by atoms with Crippen molar-refractivity contribution in [2.45, 2.75) is 52.4 Å². The lowest BCUT2D eigenvalue weighted by Crippen LogP contribution is -2.40. The topological polar surface area (TPSA) is 66.4 Å². The van der Waals surface area contributed by atoms with Gasteiger partial charge in [-0.15, -0.1) is 0 Å². The molecule has 0 aliphatic heterocycles. The van der Waals surface area contributed by atoms with Gasteiger partial charge in [0.1, 0.15) is 0 Å². The summed E-state index contributed by atoms with van der Waals surface area (Å²) in [7, 11) is 0. The van der Waals surface area contributed by atoms with Crippen molar-refractivity contribution in [2.24, 2.45) is 5.41 Å². The monoisotopic (exact) mass is 253 g/mol. The molecule has 2 N–H and O–H groups in total. The molecule has 0 aromatic heterocycles. The lowest BCUT2D eigenvalue weighted by Gasteiger charge is -2.23. The fourth-order valence-electron chi connectivity index (χ4n) is 1.98. The maximum Gasteiger partial charge on any atom is 0.311 e. The van der Waals surface area contributed by atoms with E-state index in [4.69, 9.17) is 5.11 Å². The van der Waals surface area contributed by atoms with E-state index in [2.05, 4.69) is 11.4 Å². The zero-order chi connectivity index (χ0) is 13.6. The van der Waals surface area contributed by atoms with Crippen molar-refractivity contribution in [2.75, 3.05) is 6.54 Å². The summed E-state index contributed by atoms with van der Waals surface area (Å²) >= 11 is 0. The van der Waals surface area contributed by atoms with E-state index in [1.807, 2.05) is 6.92 Å². The third-order valence-corrected chi connectivity index (χ3v) is 3.75. The molecule has 1 amide bonds. The molecule has 0 heterocycles. The van der Waals surface area contributed by atoms with Gasteiger partial charge in [-0.2, -0.15) is 0 Å². The van der Waals surface area contributed by atoms with Gasteiger partial charge in [-0.05, 0) is 39.0 Å². The Bertz CT molecular complexity index is 349. The largest absolute Gasteiger partial charge is 0.481 e. The Hall–Kier alpha value is -1.32. The molecule has 0 bridgehead atoms. The molecule has 1 aliphatic rings. The summed E-state index contributed by atoms with van der Waals surface area (Å²) in [5.74, 6) is -0.925. The lowest BCUT2D eigenvalue weighted by atomic mass is 9.87. The van der Waals surface area contributed by atoms with Crippen LogP contribution >= 0.6 is 0 Å². The number of carbonyl (C=O) groups is 2. The third kappa shape index (κ3) is 4.17. The normalized spacial score (nSPS) is 18.7. The van der Waals surface area contributed by atoms with Gasteiger partial charge in [0, 0.05) is 13.0 Å². The highest BCUT2D eigenvalue weighted by atomic mass is 16.4. The van der Waals surface area contributed by atoms with Gasteiger partial charge >= 0.3 is 5.97 Å². The molecule has 0 saturated heterocycles. The average Bonchev–Trinajstić information content (AvgIpc) is 2.37. The average molecular weight is 253 g/mol. The van der Waals surface area contributed by atoms with E-state index in [9.17, 15) is 9.59 Å². The Morgan fingerprint density at radius 2 is 2.17 bits per heavy atom. The third-order valence-electron chi connectivity index (χ3n) is 3.75. The van der Waals surface area contributed by atoms with Gasteiger partial charge in [0.25, 0.3) is 0 Å². The Morgan fingerprint density at radius 1 is 1.44 bits per heavy atom. The van der Waals surface area contributed by atoms with E-state index < -0.39 is 11.4 Å². The summed E-state index contributed by atoms with van der Waals surface area (Å²) in [6.07, 6.45) is 7.48. The first kappa shape index (κ1) is 14.7.